The van der Waals surface area contributed by atoms with Gasteiger partial charge in [-0.15, -0.1) is 0 Å². The lowest BCUT2D eigenvalue weighted by Crippen LogP contribution is -2.24. The van der Waals surface area contributed by atoms with E-state index in [-0.39, 0.29) is 18.2 Å². The van der Waals surface area contributed by atoms with Gasteiger partial charge >= 0.3 is 0 Å². The highest BCUT2D eigenvalue weighted by Gasteiger charge is 2.14. The first-order valence-electron chi connectivity index (χ1n) is 9.84. The van der Waals surface area contributed by atoms with Crippen LogP contribution in [0, 0.1) is 17.0 Å². The van der Waals surface area contributed by atoms with Crippen molar-refractivity contribution in [3.8, 4) is 17.1 Å². The van der Waals surface area contributed by atoms with Crippen LogP contribution in [0.25, 0.3) is 11.3 Å². The number of amides is 1. The summed E-state index contributed by atoms with van der Waals surface area (Å²) in [5.74, 6) is 1.19. The number of benzene rings is 2. The quantitative estimate of drug-likeness (QED) is 0.275. The third kappa shape index (κ3) is 5.73. The molecule has 3 aromatic rings. The molecule has 166 valence electrons. The van der Waals surface area contributed by atoms with Crippen molar-refractivity contribution < 1.29 is 18.9 Å². The number of hydrogen-bond acceptors (Lipinski definition) is 6. The molecule has 0 saturated heterocycles. The maximum atomic E-state index is 12.1. The van der Waals surface area contributed by atoms with E-state index < -0.39 is 10.8 Å². The van der Waals surface area contributed by atoms with Crippen molar-refractivity contribution in [2.45, 2.75) is 26.7 Å². The Morgan fingerprint density at radius 3 is 2.75 bits per heavy atom. The number of non-ortho nitro benzene ring substituents is 1. The first-order valence-corrected chi connectivity index (χ1v) is 10.2. The van der Waals surface area contributed by atoms with Gasteiger partial charge in [-0.1, -0.05) is 37.6 Å². The van der Waals surface area contributed by atoms with Crippen molar-refractivity contribution in [2.24, 2.45) is 5.10 Å². The van der Waals surface area contributed by atoms with Gasteiger partial charge in [0.1, 0.15) is 17.3 Å². The van der Waals surface area contributed by atoms with Gasteiger partial charge in [0.2, 0.25) is 0 Å². The lowest BCUT2D eigenvalue weighted by molar-refractivity contribution is -0.384. The Bertz CT molecular complexity index is 1170. The summed E-state index contributed by atoms with van der Waals surface area (Å²) in [7, 11) is 0. The van der Waals surface area contributed by atoms with Crippen molar-refractivity contribution in [1.29, 1.82) is 0 Å². The van der Waals surface area contributed by atoms with Gasteiger partial charge in [-0.2, -0.15) is 5.10 Å². The van der Waals surface area contributed by atoms with Crippen LogP contribution >= 0.6 is 11.6 Å². The SMILES string of the molecule is Cc1ccc(C(C)C)c(OCC(=O)N/N=C/c2ccc(-c3cc([N+](=O)[O-])ccc3Cl)o2)c1. The predicted octanol–water partition coefficient (Wildman–Crippen LogP) is 5.47. The average molecular weight is 456 g/mol. The van der Waals surface area contributed by atoms with Crippen molar-refractivity contribution in [2.75, 3.05) is 6.61 Å². The fourth-order valence-electron chi connectivity index (χ4n) is 2.97. The van der Waals surface area contributed by atoms with Crippen LogP contribution < -0.4 is 10.2 Å². The maximum absolute atomic E-state index is 12.1. The maximum Gasteiger partial charge on any atom is 0.277 e. The van der Waals surface area contributed by atoms with Crippen LogP contribution in [0.5, 0.6) is 5.75 Å². The van der Waals surface area contributed by atoms with E-state index in [9.17, 15) is 14.9 Å². The Balaban J connectivity index is 1.60. The Hall–Kier alpha value is -3.65. The number of hydrogen-bond donors (Lipinski definition) is 1. The molecule has 1 aromatic heterocycles. The summed E-state index contributed by atoms with van der Waals surface area (Å²) in [6.45, 7) is 5.88. The van der Waals surface area contributed by atoms with E-state index in [0.717, 1.165) is 11.1 Å². The number of nitrogens with one attached hydrogen (secondary N) is 1. The van der Waals surface area contributed by atoms with Gasteiger partial charge in [-0.05, 0) is 48.2 Å². The van der Waals surface area contributed by atoms with Crippen LogP contribution in [-0.4, -0.2) is 23.7 Å². The first-order chi connectivity index (χ1) is 15.2. The molecule has 0 unspecified atom stereocenters. The second-order valence-corrected chi connectivity index (χ2v) is 7.81. The molecule has 0 aliphatic rings. The number of hydrazone groups is 1. The van der Waals surface area contributed by atoms with Crippen molar-refractivity contribution in [3.05, 3.63) is 80.6 Å². The normalized spacial score (nSPS) is 11.2. The van der Waals surface area contributed by atoms with E-state index >= 15 is 0 Å². The molecule has 0 spiro atoms. The van der Waals surface area contributed by atoms with Crippen LogP contribution in [-0.2, 0) is 4.79 Å². The van der Waals surface area contributed by atoms with Gasteiger partial charge in [0.05, 0.1) is 16.2 Å². The molecule has 1 heterocycles. The number of furan rings is 1. The molecule has 9 heteroatoms. The minimum absolute atomic E-state index is 0.0995. The lowest BCUT2D eigenvalue weighted by atomic mass is 10.0. The largest absolute Gasteiger partial charge is 0.483 e. The smallest absolute Gasteiger partial charge is 0.277 e. The van der Waals surface area contributed by atoms with Gasteiger partial charge in [0.15, 0.2) is 6.61 Å². The number of carbonyl (C=O) groups excluding carboxylic acids is 1. The Kier molecular flexibility index (Phi) is 7.27. The van der Waals surface area contributed by atoms with Gasteiger partial charge in [0, 0.05) is 17.7 Å². The summed E-state index contributed by atoms with van der Waals surface area (Å²) in [6, 6.07) is 13.2. The number of carbonyl (C=O) groups is 1. The molecule has 8 nitrogen and oxygen atoms in total. The molecule has 0 bridgehead atoms. The Labute approximate surface area is 190 Å². The molecule has 1 N–H and O–H groups in total. The lowest BCUT2D eigenvalue weighted by Gasteiger charge is -2.14. The zero-order valence-corrected chi connectivity index (χ0v) is 18.6. The van der Waals surface area contributed by atoms with E-state index in [2.05, 4.69) is 24.4 Å². The zero-order valence-electron chi connectivity index (χ0n) is 17.8. The fourth-order valence-corrected chi connectivity index (χ4v) is 3.18. The van der Waals surface area contributed by atoms with Crippen molar-refractivity contribution in [1.82, 2.24) is 5.43 Å². The highest BCUT2D eigenvalue weighted by molar-refractivity contribution is 6.33. The van der Waals surface area contributed by atoms with Gasteiger partial charge in [-0.25, -0.2) is 5.43 Å². The number of nitro groups is 1. The molecule has 0 atom stereocenters. The highest BCUT2D eigenvalue weighted by atomic mass is 35.5. The number of ether oxygens (including phenoxy) is 1. The van der Waals surface area contributed by atoms with Crippen LogP contribution in [0.4, 0.5) is 5.69 Å². The molecule has 3 rings (SSSR count). The van der Waals surface area contributed by atoms with Gasteiger partial charge in [-0.3, -0.25) is 14.9 Å². The average Bonchev–Trinajstić information content (AvgIpc) is 3.21. The minimum Gasteiger partial charge on any atom is -0.483 e. The third-order valence-electron chi connectivity index (χ3n) is 4.58. The number of halogens is 1. The summed E-state index contributed by atoms with van der Waals surface area (Å²) in [5, 5.41) is 15.2. The Morgan fingerprint density at radius 2 is 2.03 bits per heavy atom. The van der Waals surface area contributed by atoms with E-state index in [1.54, 1.807) is 12.1 Å². The third-order valence-corrected chi connectivity index (χ3v) is 4.91. The second kappa shape index (κ2) is 10.1. The number of aryl methyl sites for hydroxylation is 1. The van der Waals surface area contributed by atoms with E-state index in [4.69, 9.17) is 20.8 Å². The predicted molar refractivity (Wildman–Crippen MR) is 122 cm³/mol. The summed E-state index contributed by atoms with van der Waals surface area (Å²) in [5.41, 5.74) is 4.73. The van der Waals surface area contributed by atoms with Crippen molar-refractivity contribution >= 4 is 29.4 Å². The number of nitrogens with zero attached hydrogens (tertiary/aromatic N) is 2. The summed E-state index contributed by atoms with van der Waals surface area (Å²) < 4.78 is 11.3. The van der Waals surface area contributed by atoms with E-state index in [1.165, 1.54) is 24.4 Å². The van der Waals surface area contributed by atoms with Crippen LogP contribution in [0.15, 0.2) is 58.0 Å². The number of rotatable bonds is 8. The van der Waals surface area contributed by atoms with E-state index in [0.29, 0.717) is 27.9 Å². The topological polar surface area (TPSA) is 107 Å². The van der Waals surface area contributed by atoms with Gasteiger partial charge in [0.25, 0.3) is 11.6 Å². The van der Waals surface area contributed by atoms with Crippen LogP contribution in [0.2, 0.25) is 5.02 Å². The summed E-state index contributed by atoms with van der Waals surface area (Å²) in [6.07, 6.45) is 1.32. The molecule has 0 aliphatic carbocycles. The minimum atomic E-state index is -0.510. The number of nitro benzene ring substituents is 1. The molecular formula is C23H22ClN3O5. The van der Waals surface area contributed by atoms with E-state index in [1.807, 2.05) is 25.1 Å². The standard InChI is InChI=1S/C23H22ClN3O5/c1-14(2)18-7-4-15(3)10-22(18)31-13-23(28)26-25-12-17-6-9-21(32-17)19-11-16(27(29)30)5-8-20(19)24/h4-12,14H,13H2,1-3H3,(H,26,28)/b25-12+. The molecule has 0 fully saturated rings. The fraction of sp³-hybridized carbons (Fsp3) is 0.217. The molecule has 0 aliphatic heterocycles. The molecule has 1 amide bonds. The second-order valence-electron chi connectivity index (χ2n) is 7.40. The summed E-state index contributed by atoms with van der Waals surface area (Å²) >= 11 is 6.13. The van der Waals surface area contributed by atoms with Crippen LogP contribution in [0.1, 0.15) is 36.7 Å². The summed E-state index contributed by atoms with van der Waals surface area (Å²) in [4.78, 5) is 22.6. The first kappa shape index (κ1) is 23.0. The molecular weight excluding hydrogens is 434 g/mol. The zero-order chi connectivity index (χ0) is 23.3. The van der Waals surface area contributed by atoms with Crippen molar-refractivity contribution in [3.63, 3.8) is 0 Å². The monoisotopic (exact) mass is 455 g/mol. The highest BCUT2D eigenvalue weighted by Crippen LogP contribution is 2.32. The molecule has 0 radical (unpaired) electrons. The Morgan fingerprint density at radius 1 is 1.25 bits per heavy atom. The molecule has 2 aromatic carbocycles. The molecule has 32 heavy (non-hydrogen) atoms. The van der Waals surface area contributed by atoms with Gasteiger partial charge < -0.3 is 9.15 Å². The van der Waals surface area contributed by atoms with Crippen LogP contribution in [0.3, 0.4) is 0 Å². The molecule has 0 saturated carbocycles.